The van der Waals surface area contributed by atoms with Crippen molar-refractivity contribution in [1.29, 1.82) is 0 Å². The Morgan fingerprint density at radius 1 is 0.810 bits per heavy atom. The van der Waals surface area contributed by atoms with Gasteiger partial charge in [-0.3, -0.25) is 9.59 Å². The van der Waals surface area contributed by atoms with E-state index in [4.69, 9.17) is 18.9 Å². The van der Waals surface area contributed by atoms with Crippen LogP contribution in [0.2, 0.25) is 0 Å². The zero-order valence-corrected chi connectivity index (χ0v) is 33.4. The molecule has 10 nitrogen and oxygen atoms in total. The van der Waals surface area contributed by atoms with Gasteiger partial charge in [0.05, 0.1) is 27.2 Å². The van der Waals surface area contributed by atoms with Crippen LogP contribution >= 0.6 is 0 Å². The quantitative estimate of drug-likeness (QED) is 0.108. The van der Waals surface area contributed by atoms with E-state index in [2.05, 4.69) is 24.3 Å². The van der Waals surface area contributed by atoms with E-state index in [1.165, 1.54) is 21.1 Å². The van der Waals surface area contributed by atoms with Crippen molar-refractivity contribution >= 4 is 18.0 Å². The van der Waals surface area contributed by atoms with Crippen molar-refractivity contribution in [2.24, 2.45) is 23.2 Å². The summed E-state index contributed by atoms with van der Waals surface area (Å²) in [6, 6.07) is 24.7. The fourth-order valence-corrected chi connectivity index (χ4v) is 10.5. The fourth-order valence-electron chi connectivity index (χ4n) is 10.5. The smallest absolute Gasteiger partial charge is 0.310 e. The van der Waals surface area contributed by atoms with Crippen molar-refractivity contribution in [1.82, 2.24) is 0 Å². The predicted molar refractivity (Wildman–Crippen MR) is 219 cm³/mol. The lowest BCUT2D eigenvalue weighted by Crippen LogP contribution is -2.56. The van der Waals surface area contributed by atoms with Crippen LogP contribution in [0.3, 0.4) is 0 Å². The van der Waals surface area contributed by atoms with Crippen LogP contribution in [0.1, 0.15) is 77.5 Å². The van der Waals surface area contributed by atoms with Gasteiger partial charge in [-0.15, -0.1) is 0 Å². The molecule has 0 spiro atoms. The maximum Gasteiger partial charge on any atom is 0.310 e. The maximum absolute atomic E-state index is 13.9. The third-order valence-electron chi connectivity index (χ3n) is 12.7. The fraction of sp³-hybridized carbons (Fsp3) is 0.417. The first kappa shape index (κ1) is 40.9. The van der Waals surface area contributed by atoms with Crippen LogP contribution in [0.15, 0.2) is 84.9 Å². The van der Waals surface area contributed by atoms with Crippen LogP contribution in [0.25, 0.3) is 6.08 Å². The molecule has 58 heavy (non-hydrogen) atoms. The summed E-state index contributed by atoms with van der Waals surface area (Å²) >= 11 is 0. The number of fused-ring (bicyclic) bond motifs is 6. The number of carbonyl (C=O) groups is 2. The van der Waals surface area contributed by atoms with E-state index < -0.39 is 29.6 Å². The molecule has 4 aromatic carbocycles. The number of benzene rings is 4. The second kappa shape index (κ2) is 17.7. The molecule has 0 bridgehead atoms. The van der Waals surface area contributed by atoms with Crippen molar-refractivity contribution in [3.05, 3.63) is 124 Å². The maximum atomic E-state index is 13.9. The minimum Gasteiger partial charge on any atom is -0.504 e. The first-order valence-electron chi connectivity index (χ1n) is 20.2. The first-order chi connectivity index (χ1) is 28.0. The molecule has 3 aliphatic rings. The molecular weight excluding hydrogens is 737 g/mol. The highest BCUT2D eigenvalue weighted by Crippen LogP contribution is 2.62. The highest BCUT2D eigenvalue weighted by molar-refractivity contribution is 5.73. The summed E-state index contributed by atoms with van der Waals surface area (Å²) in [5, 5.41) is 42.2. The van der Waals surface area contributed by atoms with Crippen LogP contribution in [-0.2, 0) is 51.4 Å². The molecule has 306 valence electrons. The summed E-state index contributed by atoms with van der Waals surface area (Å²) in [4.78, 5) is 27.1. The molecule has 0 aliphatic heterocycles. The van der Waals surface area contributed by atoms with Gasteiger partial charge in [0.1, 0.15) is 12.2 Å². The van der Waals surface area contributed by atoms with Gasteiger partial charge >= 0.3 is 11.9 Å². The van der Waals surface area contributed by atoms with E-state index in [0.717, 1.165) is 33.4 Å². The zero-order valence-electron chi connectivity index (χ0n) is 33.4. The number of phenolic OH excluding ortho intramolecular Hbond substituents is 2. The lowest BCUT2D eigenvalue weighted by molar-refractivity contribution is -0.165. The average Bonchev–Trinajstić information content (AvgIpc) is 3.20. The second-order valence-electron chi connectivity index (χ2n) is 16.2. The highest BCUT2D eigenvalue weighted by Gasteiger charge is 2.58. The summed E-state index contributed by atoms with van der Waals surface area (Å²) in [5.74, 6) is -0.780. The van der Waals surface area contributed by atoms with E-state index in [1.807, 2.05) is 36.4 Å². The second-order valence-corrected chi connectivity index (χ2v) is 16.2. The number of hydrogen-bond acceptors (Lipinski definition) is 10. The summed E-state index contributed by atoms with van der Waals surface area (Å²) < 4.78 is 24.1. The number of aliphatic hydroxyl groups is 2. The Morgan fingerprint density at radius 3 is 2.24 bits per heavy atom. The molecule has 1 fully saturated rings. The largest absolute Gasteiger partial charge is 0.504 e. The first-order valence-corrected chi connectivity index (χ1v) is 20.2. The van der Waals surface area contributed by atoms with Crippen molar-refractivity contribution in [2.75, 3.05) is 20.8 Å². The van der Waals surface area contributed by atoms with Gasteiger partial charge in [0.25, 0.3) is 0 Å². The number of esters is 2. The highest BCUT2D eigenvalue weighted by atomic mass is 16.6. The van der Waals surface area contributed by atoms with Gasteiger partial charge in [0.15, 0.2) is 23.0 Å². The predicted octanol–water partition coefficient (Wildman–Crippen LogP) is 7.25. The summed E-state index contributed by atoms with van der Waals surface area (Å²) in [5.41, 5.74) is 5.66. The summed E-state index contributed by atoms with van der Waals surface area (Å²) in [6.45, 7) is 1.27. The number of rotatable bonds is 12. The Balaban J connectivity index is 1.45. The van der Waals surface area contributed by atoms with Gasteiger partial charge in [-0.25, -0.2) is 0 Å². The molecule has 10 heteroatoms. The van der Waals surface area contributed by atoms with Crippen LogP contribution in [0.5, 0.6) is 23.0 Å². The van der Waals surface area contributed by atoms with Crippen molar-refractivity contribution in [2.45, 2.75) is 83.0 Å². The van der Waals surface area contributed by atoms with Gasteiger partial charge < -0.3 is 39.4 Å². The van der Waals surface area contributed by atoms with Gasteiger partial charge in [-0.2, -0.15) is 0 Å². The number of hydrogen-bond donors (Lipinski definition) is 4. The number of phenols is 2. The van der Waals surface area contributed by atoms with E-state index in [9.17, 15) is 30.0 Å². The molecule has 3 aliphatic carbocycles. The minimum absolute atomic E-state index is 0.00207. The van der Waals surface area contributed by atoms with Crippen LogP contribution in [-0.4, -0.2) is 65.4 Å². The van der Waals surface area contributed by atoms with E-state index in [0.29, 0.717) is 55.6 Å². The monoisotopic (exact) mass is 790 g/mol. The minimum atomic E-state index is -0.683. The number of methoxy groups -OCH3 is 2. The molecule has 0 heterocycles. The molecule has 4 N–H and O–H groups in total. The van der Waals surface area contributed by atoms with Gasteiger partial charge in [0, 0.05) is 31.3 Å². The molecule has 7 atom stereocenters. The van der Waals surface area contributed by atoms with E-state index >= 15 is 0 Å². The molecular formula is C48H54O10. The zero-order chi connectivity index (χ0) is 41.0. The molecule has 0 unspecified atom stereocenters. The Bertz CT molecular complexity index is 2130. The van der Waals surface area contributed by atoms with Crippen molar-refractivity contribution < 1.29 is 49.0 Å². The van der Waals surface area contributed by atoms with Crippen molar-refractivity contribution in [3.63, 3.8) is 0 Å². The average molecular weight is 791 g/mol. The molecule has 1 saturated carbocycles. The summed E-state index contributed by atoms with van der Waals surface area (Å²) in [7, 11) is 3.05. The van der Waals surface area contributed by atoms with E-state index in [-0.39, 0.29) is 61.2 Å². The van der Waals surface area contributed by atoms with Gasteiger partial charge in [-0.1, -0.05) is 66.7 Å². The van der Waals surface area contributed by atoms with Crippen LogP contribution in [0, 0.1) is 23.2 Å². The number of carbonyl (C=O) groups excluding carboxylic acids is 2. The molecule has 0 radical (unpaired) electrons. The Kier molecular flexibility index (Phi) is 12.4. The lowest BCUT2D eigenvalue weighted by Gasteiger charge is -2.58. The lowest BCUT2D eigenvalue weighted by atomic mass is 9.47. The van der Waals surface area contributed by atoms with Crippen LogP contribution < -0.4 is 9.47 Å². The standard InChI is InChI=1S/C48H54O10/c1-29(51)57-43-25-37(58-46(54)18-31-11-7-12-32(17-31)28-50)24-39-38-26-45(56-3)41(52)21-35(38)19-33(13-8-16-49)47(39)48(15-14-30-9-5-4-6-10-30)27-36-22-42(53)44(55-2)23-34(36)20-40(43)48/h4-7,9-12,14-15,17,21-23,26,33,37,39-40,43,47,49-50,52-53H,8,13,16,18-20,24-25,27-28H2,1-3H3/t33-,37-,39+,40+,43-,47+,48-/m0/s1. The van der Waals surface area contributed by atoms with Crippen molar-refractivity contribution in [3.8, 4) is 23.0 Å². The topological polar surface area (TPSA) is 152 Å². The molecule has 0 amide bonds. The Labute approximate surface area is 340 Å². The Hall–Kier alpha value is -5.32. The third kappa shape index (κ3) is 8.45. The Morgan fingerprint density at radius 2 is 1.53 bits per heavy atom. The molecule has 4 aromatic rings. The van der Waals surface area contributed by atoms with Crippen LogP contribution in [0.4, 0.5) is 0 Å². The number of ether oxygens (including phenoxy) is 4. The normalized spacial score (nSPS) is 24.9. The van der Waals surface area contributed by atoms with Gasteiger partial charge in [0.2, 0.25) is 0 Å². The molecule has 0 aromatic heterocycles. The third-order valence-corrected chi connectivity index (χ3v) is 12.7. The summed E-state index contributed by atoms with van der Waals surface area (Å²) in [6.07, 6.45) is 6.62. The van der Waals surface area contributed by atoms with E-state index in [1.54, 1.807) is 30.3 Å². The number of aliphatic hydroxyl groups excluding tert-OH is 2. The number of aromatic hydroxyl groups is 2. The molecule has 7 rings (SSSR count). The molecule has 0 saturated heterocycles. The SMILES string of the molecule is COc1cc2c(cc1O)C[C@]1(C=Cc3ccccc3)[C@@H]3[C@@H](CCCO)Cc4cc(O)c(OC)cc4[C@H]3C[C@H](OC(=O)Cc3cccc(CO)c3)C[C@H](OC(C)=O)[C@H]1C2. The van der Waals surface area contributed by atoms with Gasteiger partial charge in [-0.05, 0) is 119 Å². The number of allylic oxidation sites excluding steroid dienone is 1.